The van der Waals surface area contributed by atoms with Crippen molar-refractivity contribution in [2.24, 2.45) is 0 Å². The number of hydrogen-bond donors (Lipinski definition) is 2. The molecule has 2 atom stereocenters. The Morgan fingerprint density at radius 3 is 2.87 bits per heavy atom. The lowest BCUT2D eigenvalue weighted by Crippen LogP contribution is -2.42. The van der Waals surface area contributed by atoms with Gasteiger partial charge < -0.3 is 15.4 Å². The van der Waals surface area contributed by atoms with Gasteiger partial charge >= 0.3 is 0 Å². The number of methoxy groups -OCH3 is 1. The molecule has 0 bridgehead atoms. The molecule has 2 amide bonds. The van der Waals surface area contributed by atoms with Crippen LogP contribution >= 0.6 is 11.3 Å². The Morgan fingerprint density at radius 1 is 1.48 bits per heavy atom. The minimum atomic E-state index is -0.204. The smallest absolute Gasteiger partial charge is 0.246 e. The number of amides is 2. The largest absolute Gasteiger partial charge is 0.375 e. The molecule has 1 fully saturated rings. The number of hydrogen-bond acceptors (Lipinski definition) is 5. The summed E-state index contributed by atoms with van der Waals surface area (Å²) in [6, 6.07) is 1.87. The van der Waals surface area contributed by atoms with Gasteiger partial charge in [-0.1, -0.05) is 0 Å². The number of rotatable bonds is 7. The quantitative estimate of drug-likeness (QED) is 0.774. The molecular weight excluding hydrogens is 314 g/mol. The summed E-state index contributed by atoms with van der Waals surface area (Å²) < 4.78 is 4.85. The Balaban J connectivity index is 2.04. The van der Waals surface area contributed by atoms with E-state index in [0.29, 0.717) is 19.5 Å². The van der Waals surface area contributed by atoms with E-state index < -0.39 is 0 Å². The first-order valence-corrected chi connectivity index (χ1v) is 8.76. The van der Waals surface area contributed by atoms with E-state index >= 15 is 0 Å². The molecule has 1 aromatic heterocycles. The van der Waals surface area contributed by atoms with Crippen LogP contribution < -0.4 is 10.6 Å². The van der Waals surface area contributed by atoms with Crippen molar-refractivity contribution in [2.75, 3.05) is 26.8 Å². The Morgan fingerprint density at radius 2 is 2.26 bits per heavy atom. The van der Waals surface area contributed by atoms with Crippen LogP contribution in [-0.2, 0) is 20.9 Å². The molecule has 0 aliphatic carbocycles. The summed E-state index contributed by atoms with van der Waals surface area (Å²) in [5.74, 6) is -0.105. The number of ether oxygens (including phenoxy) is 1. The van der Waals surface area contributed by atoms with Gasteiger partial charge in [-0.15, -0.1) is 11.3 Å². The summed E-state index contributed by atoms with van der Waals surface area (Å²) in [7, 11) is 1.50. The predicted octanol–water partition coefficient (Wildman–Crippen LogP) is 0.898. The lowest BCUT2D eigenvalue weighted by atomic mass is 10.1. The van der Waals surface area contributed by atoms with Crippen LogP contribution in [0.25, 0.3) is 0 Å². The fourth-order valence-electron chi connectivity index (χ4n) is 2.90. The highest BCUT2D eigenvalue weighted by atomic mass is 32.1. The van der Waals surface area contributed by atoms with Crippen molar-refractivity contribution < 1.29 is 14.3 Å². The molecule has 0 spiro atoms. The highest BCUT2D eigenvalue weighted by Crippen LogP contribution is 2.25. The van der Waals surface area contributed by atoms with Crippen LogP contribution in [0.3, 0.4) is 0 Å². The molecule has 128 valence electrons. The van der Waals surface area contributed by atoms with E-state index in [1.54, 1.807) is 11.3 Å². The Labute approximate surface area is 141 Å². The molecule has 6 nitrogen and oxygen atoms in total. The minimum absolute atomic E-state index is 0.0227. The van der Waals surface area contributed by atoms with Gasteiger partial charge in [-0.05, 0) is 37.3 Å². The first-order chi connectivity index (χ1) is 11.0. The number of nitrogens with one attached hydrogen (secondary N) is 2. The van der Waals surface area contributed by atoms with Gasteiger partial charge in [0.2, 0.25) is 11.8 Å². The van der Waals surface area contributed by atoms with Crippen LogP contribution in [0, 0.1) is 6.92 Å². The number of likely N-dealkylation sites (N-methyl/N-ethyl adjacent to an activating group) is 1. The van der Waals surface area contributed by atoms with E-state index in [4.69, 9.17) is 4.74 Å². The normalized spacial score (nSPS) is 21.3. The van der Waals surface area contributed by atoms with Gasteiger partial charge in [0.05, 0.1) is 6.04 Å². The van der Waals surface area contributed by atoms with Gasteiger partial charge in [-0.3, -0.25) is 14.5 Å². The third-order valence-electron chi connectivity index (χ3n) is 4.01. The third kappa shape index (κ3) is 4.76. The summed E-state index contributed by atoms with van der Waals surface area (Å²) in [5, 5.41) is 7.91. The summed E-state index contributed by atoms with van der Waals surface area (Å²) >= 11 is 1.71. The SMILES string of the molecule is CCNC(=O)[C@@H]1C[C@H](NC(=O)COC)CN1Cc1sccc1C. The molecule has 1 aliphatic heterocycles. The lowest BCUT2D eigenvalue weighted by molar-refractivity contribution is -0.126. The molecule has 1 aromatic rings. The van der Waals surface area contributed by atoms with Gasteiger partial charge in [0.15, 0.2) is 0 Å². The van der Waals surface area contributed by atoms with E-state index in [9.17, 15) is 9.59 Å². The summed E-state index contributed by atoms with van der Waals surface area (Å²) in [6.07, 6.45) is 0.631. The van der Waals surface area contributed by atoms with Crippen molar-refractivity contribution in [1.82, 2.24) is 15.5 Å². The molecule has 0 aromatic carbocycles. The lowest BCUT2D eigenvalue weighted by Gasteiger charge is -2.23. The number of thiophene rings is 1. The number of carbonyl (C=O) groups is 2. The Bertz CT molecular complexity index is 546. The monoisotopic (exact) mass is 339 g/mol. The van der Waals surface area contributed by atoms with Crippen LogP contribution in [0.5, 0.6) is 0 Å². The van der Waals surface area contributed by atoms with Crippen molar-refractivity contribution in [1.29, 1.82) is 0 Å². The minimum Gasteiger partial charge on any atom is -0.375 e. The molecule has 0 radical (unpaired) electrons. The second kappa shape index (κ2) is 8.42. The summed E-state index contributed by atoms with van der Waals surface area (Å²) in [5.41, 5.74) is 1.25. The van der Waals surface area contributed by atoms with Gasteiger partial charge in [0.1, 0.15) is 6.61 Å². The maximum absolute atomic E-state index is 12.3. The molecule has 23 heavy (non-hydrogen) atoms. The highest BCUT2D eigenvalue weighted by molar-refractivity contribution is 7.10. The second-order valence-corrected chi connectivity index (χ2v) is 6.80. The van der Waals surface area contributed by atoms with Crippen molar-refractivity contribution in [3.8, 4) is 0 Å². The predicted molar refractivity (Wildman–Crippen MR) is 90.4 cm³/mol. The molecule has 2 rings (SSSR count). The average Bonchev–Trinajstić information content (AvgIpc) is 3.07. The summed E-state index contributed by atoms with van der Waals surface area (Å²) in [4.78, 5) is 27.5. The van der Waals surface area contributed by atoms with Crippen LogP contribution in [0.15, 0.2) is 11.4 Å². The third-order valence-corrected chi connectivity index (χ3v) is 5.02. The van der Waals surface area contributed by atoms with Gasteiger partial charge in [0.25, 0.3) is 0 Å². The molecule has 2 heterocycles. The zero-order valence-electron chi connectivity index (χ0n) is 13.9. The topological polar surface area (TPSA) is 70.7 Å². The zero-order chi connectivity index (χ0) is 16.8. The first-order valence-electron chi connectivity index (χ1n) is 7.88. The maximum Gasteiger partial charge on any atom is 0.246 e. The molecule has 0 unspecified atom stereocenters. The first kappa shape index (κ1) is 17.9. The summed E-state index contributed by atoms with van der Waals surface area (Å²) in [6.45, 7) is 6.07. The van der Waals surface area contributed by atoms with E-state index in [1.807, 2.05) is 6.92 Å². The fraction of sp³-hybridized carbons (Fsp3) is 0.625. The number of aryl methyl sites for hydroxylation is 1. The fourth-order valence-corrected chi connectivity index (χ4v) is 3.83. The number of nitrogens with zero attached hydrogens (tertiary/aromatic N) is 1. The van der Waals surface area contributed by atoms with E-state index in [2.05, 4.69) is 33.9 Å². The molecule has 1 saturated heterocycles. The van der Waals surface area contributed by atoms with Crippen molar-refractivity contribution in [3.63, 3.8) is 0 Å². The van der Waals surface area contributed by atoms with Gasteiger partial charge in [-0.25, -0.2) is 0 Å². The molecular formula is C16H25N3O3S. The maximum atomic E-state index is 12.3. The number of likely N-dealkylation sites (tertiary alicyclic amines) is 1. The zero-order valence-corrected chi connectivity index (χ0v) is 14.7. The standard InChI is InChI=1S/C16H25N3O3S/c1-4-17-16(21)13-7-12(18-15(20)10-22-3)8-19(13)9-14-11(2)5-6-23-14/h5-6,12-13H,4,7-10H2,1-3H3,(H,17,21)(H,18,20)/t12-,13-/m0/s1. The Hall–Kier alpha value is -1.44. The molecule has 1 aliphatic rings. The van der Waals surface area contributed by atoms with E-state index in [0.717, 1.165) is 6.54 Å². The Kier molecular flexibility index (Phi) is 6.56. The van der Waals surface area contributed by atoms with Crippen LogP contribution in [0.2, 0.25) is 0 Å². The average molecular weight is 339 g/mol. The van der Waals surface area contributed by atoms with Crippen LogP contribution in [-0.4, -0.2) is 55.6 Å². The molecule has 2 N–H and O–H groups in total. The van der Waals surface area contributed by atoms with Crippen LogP contribution in [0.1, 0.15) is 23.8 Å². The van der Waals surface area contributed by atoms with E-state index in [1.165, 1.54) is 17.6 Å². The molecule has 7 heteroatoms. The van der Waals surface area contributed by atoms with Crippen molar-refractivity contribution >= 4 is 23.2 Å². The van der Waals surface area contributed by atoms with Gasteiger partial charge in [0, 0.05) is 37.7 Å². The van der Waals surface area contributed by atoms with Crippen molar-refractivity contribution in [2.45, 2.75) is 38.9 Å². The highest BCUT2D eigenvalue weighted by Gasteiger charge is 2.37. The van der Waals surface area contributed by atoms with Crippen molar-refractivity contribution in [3.05, 3.63) is 21.9 Å². The molecule has 0 saturated carbocycles. The van der Waals surface area contributed by atoms with Crippen LogP contribution in [0.4, 0.5) is 0 Å². The van der Waals surface area contributed by atoms with E-state index in [-0.39, 0.29) is 30.5 Å². The number of carbonyl (C=O) groups excluding carboxylic acids is 2. The second-order valence-electron chi connectivity index (χ2n) is 5.80. The van der Waals surface area contributed by atoms with Gasteiger partial charge in [-0.2, -0.15) is 0 Å².